The van der Waals surface area contributed by atoms with Crippen LogP contribution in [0.25, 0.3) is 0 Å². The van der Waals surface area contributed by atoms with Crippen molar-refractivity contribution in [2.45, 2.75) is 50.6 Å². The summed E-state index contributed by atoms with van der Waals surface area (Å²) in [4.78, 5) is 41.7. The number of nitrogens with zero attached hydrogens (tertiary/aromatic N) is 5. The fourth-order valence-electron chi connectivity index (χ4n) is 5.41. The maximum absolute atomic E-state index is 12.9. The van der Waals surface area contributed by atoms with Gasteiger partial charge in [0.2, 0.25) is 5.95 Å². The summed E-state index contributed by atoms with van der Waals surface area (Å²) < 4.78 is 0. The number of anilines is 3. The van der Waals surface area contributed by atoms with Crippen molar-refractivity contribution in [1.82, 2.24) is 25.1 Å². The van der Waals surface area contributed by atoms with Crippen LogP contribution in [0.5, 0.6) is 0 Å². The molecular formula is C27H33ClN8O2. The predicted octanol–water partition coefficient (Wildman–Crippen LogP) is 3.91. The van der Waals surface area contributed by atoms with Crippen molar-refractivity contribution in [2.24, 2.45) is 10.9 Å². The Hall–Kier alpha value is -3.24. The first kappa shape index (κ1) is 25.1. The van der Waals surface area contributed by atoms with E-state index in [1.54, 1.807) is 24.5 Å². The number of carbonyl (C=O) groups is 2. The molecular weight excluding hydrogens is 504 g/mol. The van der Waals surface area contributed by atoms with Gasteiger partial charge in [-0.15, -0.1) is 0 Å². The molecule has 1 saturated carbocycles. The van der Waals surface area contributed by atoms with Crippen molar-refractivity contribution in [3.63, 3.8) is 0 Å². The van der Waals surface area contributed by atoms with E-state index in [4.69, 9.17) is 11.6 Å². The molecule has 6 rings (SSSR count). The summed E-state index contributed by atoms with van der Waals surface area (Å²) >= 11 is 6.39. The van der Waals surface area contributed by atoms with E-state index in [1.807, 2.05) is 11.0 Å². The minimum Gasteiger partial charge on any atom is -0.366 e. The maximum Gasteiger partial charge on any atom is 0.317 e. The van der Waals surface area contributed by atoms with Crippen molar-refractivity contribution in [1.29, 1.82) is 0 Å². The molecule has 4 heterocycles. The van der Waals surface area contributed by atoms with Gasteiger partial charge in [0.15, 0.2) is 5.82 Å². The van der Waals surface area contributed by atoms with Crippen LogP contribution in [0.4, 0.5) is 22.2 Å². The lowest BCUT2D eigenvalue weighted by molar-refractivity contribution is 0.101. The molecule has 0 atom stereocenters. The normalized spacial score (nSPS) is 20.4. The number of carbonyl (C=O) groups excluding carboxylic acids is 2. The standard InChI is InChI=1S/C27H33ClN8O2/c28-23-15-30-26(32-21-3-4-22-18(13-21)14-29-25(22)37)34-24(23)31-19-7-11-36(12-8-19)27(38)33-20-5-9-35(10-6-20)16-17-1-2-17/h3-4,13-15,17,19-20H,1-2,5-12,16H2,(H,33,38)(H2,30,31,32,34). The molecule has 1 aromatic heterocycles. The number of fused-ring (bicyclic) bond motifs is 1. The number of amides is 3. The predicted molar refractivity (Wildman–Crippen MR) is 148 cm³/mol. The number of piperidine rings is 2. The van der Waals surface area contributed by atoms with Gasteiger partial charge in [0, 0.05) is 62.3 Å². The zero-order chi connectivity index (χ0) is 26.1. The highest BCUT2D eigenvalue weighted by Crippen LogP contribution is 2.30. The molecule has 0 bridgehead atoms. The van der Waals surface area contributed by atoms with Crippen molar-refractivity contribution in [3.05, 3.63) is 40.5 Å². The lowest BCUT2D eigenvalue weighted by Crippen LogP contribution is -2.52. The molecule has 200 valence electrons. The summed E-state index contributed by atoms with van der Waals surface area (Å²) in [5.74, 6) is 1.65. The van der Waals surface area contributed by atoms with E-state index in [-0.39, 0.29) is 24.0 Å². The number of nitrogens with one attached hydrogen (secondary N) is 3. The zero-order valence-corrected chi connectivity index (χ0v) is 22.1. The monoisotopic (exact) mass is 536 g/mol. The molecule has 3 fully saturated rings. The Balaban J connectivity index is 0.979. The van der Waals surface area contributed by atoms with Crippen LogP contribution in [-0.4, -0.2) is 82.7 Å². The van der Waals surface area contributed by atoms with Gasteiger partial charge in [-0.3, -0.25) is 4.79 Å². The van der Waals surface area contributed by atoms with Crippen LogP contribution in [0.1, 0.15) is 54.4 Å². The first-order valence-electron chi connectivity index (χ1n) is 13.6. The first-order valence-corrected chi connectivity index (χ1v) is 13.9. The number of halogens is 1. The fourth-order valence-corrected chi connectivity index (χ4v) is 5.55. The Labute approximate surface area is 227 Å². The minimum absolute atomic E-state index is 0.0525. The molecule has 2 aromatic rings. The number of benzene rings is 1. The van der Waals surface area contributed by atoms with Crippen LogP contribution in [-0.2, 0) is 0 Å². The number of aliphatic imine (C=N–C) groups is 1. The van der Waals surface area contributed by atoms with Gasteiger partial charge in [0.1, 0.15) is 5.02 Å². The minimum atomic E-state index is -0.228. The lowest BCUT2D eigenvalue weighted by atomic mass is 10.0. The molecule has 11 heteroatoms. The third-order valence-corrected chi connectivity index (χ3v) is 8.13. The average molecular weight is 537 g/mol. The smallest absolute Gasteiger partial charge is 0.317 e. The second kappa shape index (κ2) is 10.9. The van der Waals surface area contributed by atoms with Gasteiger partial charge in [-0.2, -0.15) is 4.98 Å². The summed E-state index contributed by atoms with van der Waals surface area (Å²) in [7, 11) is 0. The second-order valence-corrected chi connectivity index (χ2v) is 11.2. The summed E-state index contributed by atoms with van der Waals surface area (Å²) in [6.07, 6.45) is 9.60. The molecule has 3 amide bonds. The van der Waals surface area contributed by atoms with E-state index >= 15 is 0 Å². The Morgan fingerprint density at radius 1 is 1.03 bits per heavy atom. The van der Waals surface area contributed by atoms with Crippen LogP contribution in [0.2, 0.25) is 5.02 Å². The Morgan fingerprint density at radius 2 is 1.79 bits per heavy atom. The molecule has 3 N–H and O–H groups in total. The van der Waals surface area contributed by atoms with E-state index in [0.717, 1.165) is 55.9 Å². The van der Waals surface area contributed by atoms with Gasteiger partial charge in [-0.05, 0) is 62.6 Å². The van der Waals surface area contributed by atoms with Crippen LogP contribution in [0.15, 0.2) is 29.4 Å². The first-order chi connectivity index (χ1) is 18.5. The van der Waals surface area contributed by atoms with Crippen LogP contribution >= 0.6 is 11.6 Å². The van der Waals surface area contributed by atoms with Gasteiger partial charge in [0.25, 0.3) is 5.91 Å². The highest BCUT2D eigenvalue weighted by Gasteiger charge is 2.29. The van der Waals surface area contributed by atoms with Gasteiger partial charge in [0.05, 0.1) is 11.8 Å². The Kier molecular flexibility index (Phi) is 7.16. The number of aromatic nitrogens is 2. The summed E-state index contributed by atoms with van der Waals surface area (Å²) in [6.45, 7) is 4.79. The van der Waals surface area contributed by atoms with Gasteiger partial charge in [-0.25, -0.2) is 14.8 Å². The molecule has 2 saturated heterocycles. The van der Waals surface area contributed by atoms with Crippen LogP contribution in [0.3, 0.4) is 0 Å². The summed E-state index contributed by atoms with van der Waals surface area (Å²) in [5.41, 5.74) is 2.11. The molecule has 1 aromatic carbocycles. The maximum atomic E-state index is 12.9. The molecule has 4 aliphatic rings. The number of hydrogen-bond acceptors (Lipinski definition) is 7. The summed E-state index contributed by atoms with van der Waals surface area (Å²) in [6, 6.07) is 5.87. The third-order valence-electron chi connectivity index (χ3n) is 7.85. The SMILES string of the molecule is O=C1N=Cc2cc(Nc3ncc(Cl)c(NC4CCN(C(=O)NC5CCN(CC6CC6)CC5)CC4)n3)ccc21. The van der Waals surface area contributed by atoms with E-state index in [9.17, 15) is 9.59 Å². The topological polar surface area (TPSA) is 115 Å². The fraction of sp³-hybridized carbons (Fsp3) is 0.519. The zero-order valence-electron chi connectivity index (χ0n) is 21.3. The third kappa shape index (κ3) is 5.91. The molecule has 10 nitrogen and oxygen atoms in total. The number of hydrogen-bond donors (Lipinski definition) is 3. The van der Waals surface area contributed by atoms with E-state index in [2.05, 4.69) is 35.8 Å². The molecule has 1 aliphatic carbocycles. The van der Waals surface area contributed by atoms with Crippen molar-refractivity contribution >= 4 is 47.2 Å². The van der Waals surface area contributed by atoms with Gasteiger partial charge in [-0.1, -0.05) is 11.6 Å². The van der Waals surface area contributed by atoms with Gasteiger partial charge >= 0.3 is 6.03 Å². The molecule has 0 spiro atoms. The van der Waals surface area contributed by atoms with Crippen molar-refractivity contribution < 1.29 is 9.59 Å². The Bertz CT molecular complexity index is 1230. The second-order valence-electron chi connectivity index (χ2n) is 10.8. The Morgan fingerprint density at radius 3 is 2.55 bits per heavy atom. The van der Waals surface area contributed by atoms with Crippen molar-refractivity contribution in [3.8, 4) is 0 Å². The quantitative estimate of drug-likeness (QED) is 0.491. The largest absolute Gasteiger partial charge is 0.366 e. The highest BCUT2D eigenvalue weighted by atomic mass is 35.5. The molecule has 3 aliphatic heterocycles. The van der Waals surface area contributed by atoms with Crippen LogP contribution < -0.4 is 16.0 Å². The molecule has 38 heavy (non-hydrogen) atoms. The summed E-state index contributed by atoms with van der Waals surface area (Å²) in [5, 5.41) is 10.3. The van der Waals surface area contributed by atoms with E-state index in [0.29, 0.717) is 35.4 Å². The van der Waals surface area contributed by atoms with E-state index in [1.165, 1.54) is 19.4 Å². The number of likely N-dealkylation sites (tertiary alicyclic amines) is 2. The number of urea groups is 1. The van der Waals surface area contributed by atoms with Crippen molar-refractivity contribution in [2.75, 3.05) is 43.4 Å². The lowest BCUT2D eigenvalue weighted by Gasteiger charge is -2.36. The van der Waals surface area contributed by atoms with Crippen LogP contribution in [0, 0.1) is 5.92 Å². The van der Waals surface area contributed by atoms with Gasteiger partial charge < -0.3 is 25.8 Å². The van der Waals surface area contributed by atoms with E-state index < -0.39 is 0 Å². The average Bonchev–Trinajstić information content (AvgIpc) is 3.67. The number of rotatable bonds is 7. The molecule has 0 unspecified atom stereocenters. The molecule has 0 radical (unpaired) electrons. The highest BCUT2D eigenvalue weighted by molar-refractivity contribution is 6.32.